The average Bonchev–Trinajstić information content (AvgIpc) is 3.22. The smallest absolute Gasteiger partial charge is 0.317 e. The largest absolute Gasteiger partial charge is 0.334 e. The number of pyridine rings is 1. The van der Waals surface area contributed by atoms with Crippen LogP contribution in [-0.4, -0.2) is 32.7 Å². The zero-order valence-corrected chi connectivity index (χ0v) is 14.9. The van der Waals surface area contributed by atoms with Crippen molar-refractivity contribution in [2.24, 2.45) is 0 Å². The normalized spacial score (nSPS) is 11.9. The lowest BCUT2D eigenvalue weighted by Crippen LogP contribution is -2.38. The van der Waals surface area contributed by atoms with Gasteiger partial charge >= 0.3 is 6.03 Å². The molecule has 3 aromatic rings. The summed E-state index contributed by atoms with van der Waals surface area (Å²) in [6.45, 7) is 2.04. The van der Waals surface area contributed by atoms with Crippen LogP contribution in [-0.2, 0) is 6.54 Å². The van der Waals surface area contributed by atoms with Crippen LogP contribution in [0.3, 0.4) is 0 Å². The van der Waals surface area contributed by atoms with Crippen molar-refractivity contribution in [1.29, 1.82) is 0 Å². The number of benzene rings is 1. The fraction of sp³-hybridized carbons (Fsp3) is 0.211. The van der Waals surface area contributed by atoms with Crippen LogP contribution in [0, 0.1) is 11.6 Å². The maximum absolute atomic E-state index is 13.4. The molecule has 140 valence electrons. The predicted octanol–water partition coefficient (Wildman–Crippen LogP) is 3.45. The van der Waals surface area contributed by atoms with Gasteiger partial charge in [-0.1, -0.05) is 6.07 Å². The van der Waals surface area contributed by atoms with Gasteiger partial charge in [0.15, 0.2) is 17.5 Å². The number of carbonyl (C=O) groups excluding carboxylic acids is 1. The summed E-state index contributed by atoms with van der Waals surface area (Å²) in [6.07, 6.45) is 5.08. The molecule has 2 heterocycles. The molecule has 8 heteroatoms. The molecule has 1 N–H and O–H groups in total. The van der Waals surface area contributed by atoms with Crippen LogP contribution >= 0.6 is 0 Å². The SMILES string of the molecule is CC(c1ccc(F)c(F)c1)N(C)C(=O)NCc1ccnc(-n2cccn2)c1. The van der Waals surface area contributed by atoms with Crippen molar-refractivity contribution in [1.82, 2.24) is 25.0 Å². The Bertz CT molecular complexity index is 930. The first-order valence-electron chi connectivity index (χ1n) is 8.36. The van der Waals surface area contributed by atoms with Crippen LogP contribution in [0.5, 0.6) is 0 Å². The van der Waals surface area contributed by atoms with Crippen molar-refractivity contribution in [3.05, 3.63) is 77.8 Å². The van der Waals surface area contributed by atoms with Gasteiger partial charge in [-0.2, -0.15) is 5.10 Å². The second-order valence-electron chi connectivity index (χ2n) is 6.09. The minimum atomic E-state index is -0.934. The van der Waals surface area contributed by atoms with Crippen LogP contribution in [0.4, 0.5) is 13.6 Å². The van der Waals surface area contributed by atoms with E-state index in [-0.39, 0.29) is 6.03 Å². The Morgan fingerprint density at radius 2 is 2.04 bits per heavy atom. The number of nitrogens with one attached hydrogen (secondary N) is 1. The van der Waals surface area contributed by atoms with Gasteiger partial charge in [-0.25, -0.2) is 23.2 Å². The van der Waals surface area contributed by atoms with E-state index in [2.05, 4.69) is 15.4 Å². The van der Waals surface area contributed by atoms with Crippen LogP contribution in [0.25, 0.3) is 5.82 Å². The fourth-order valence-electron chi connectivity index (χ4n) is 2.57. The number of nitrogens with zero attached hydrogens (tertiary/aromatic N) is 4. The molecule has 0 aliphatic rings. The predicted molar refractivity (Wildman–Crippen MR) is 96.1 cm³/mol. The van der Waals surface area contributed by atoms with Crippen molar-refractivity contribution in [3.8, 4) is 5.82 Å². The molecule has 2 amide bonds. The van der Waals surface area contributed by atoms with Crippen molar-refractivity contribution in [2.45, 2.75) is 19.5 Å². The molecular weight excluding hydrogens is 352 g/mol. The van der Waals surface area contributed by atoms with Crippen LogP contribution in [0.1, 0.15) is 24.1 Å². The third kappa shape index (κ3) is 4.28. The van der Waals surface area contributed by atoms with E-state index < -0.39 is 17.7 Å². The Morgan fingerprint density at radius 1 is 1.22 bits per heavy atom. The molecule has 3 rings (SSSR count). The van der Waals surface area contributed by atoms with Gasteiger partial charge in [-0.3, -0.25) is 0 Å². The molecule has 0 fully saturated rings. The summed E-state index contributed by atoms with van der Waals surface area (Å²) in [6, 6.07) is 8.29. The van der Waals surface area contributed by atoms with E-state index in [0.29, 0.717) is 17.9 Å². The number of hydrogen-bond donors (Lipinski definition) is 1. The van der Waals surface area contributed by atoms with E-state index in [1.165, 1.54) is 11.0 Å². The summed E-state index contributed by atoms with van der Waals surface area (Å²) in [5, 5.41) is 6.93. The van der Waals surface area contributed by atoms with Gasteiger partial charge in [0.2, 0.25) is 0 Å². The Hall–Kier alpha value is -3.29. The van der Waals surface area contributed by atoms with E-state index in [1.54, 1.807) is 49.4 Å². The number of urea groups is 1. The molecule has 0 aliphatic carbocycles. The van der Waals surface area contributed by atoms with Crippen molar-refractivity contribution >= 4 is 6.03 Å². The quantitative estimate of drug-likeness (QED) is 0.747. The van der Waals surface area contributed by atoms with Crippen molar-refractivity contribution < 1.29 is 13.6 Å². The van der Waals surface area contributed by atoms with Gasteiger partial charge in [-0.15, -0.1) is 0 Å². The summed E-state index contributed by atoms with van der Waals surface area (Å²) in [7, 11) is 1.60. The minimum Gasteiger partial charge on any atom is -0.334 e. The Kier molecular flexibility index (Phi) is 5.44. The Balaban J connectivity index is 1.63. The number of halogens is 2. The monoisotopic (exact) mass is 371 g/mol. The van der Waals surface area contributed by atoms with E-state index in [1.807, 2.05) is 6.07 Å². The highest BCUT2D eigenvalue weighted by Crippen LogP contribution is 2.21. The highest BCUT2D eigenvalue weighted by Gasteiger charge is 2.18. The molecule has 1 atom stereocenters. The van der Waals surface area contributed by atoms with E-state index in [4.69, 9.17) is 0 Å². The molecule has 0 saturated heterocycles. The molecule has 0 spiro atoms. The van der Waals surface area contributed by atoms with Gasteiger partial charge in [0, 0.05) is 32.2 Å². The average molecular weight is 371 g/mol. The number of aromatic nitrogens is 3. The Morgan fingerprint density at radius 3 is 2.74 bits per heavy atom. The highest BCUT2D eigenvalue weighted by molar-refractivity contribution is 5.74. The summed E-state index contributed by atoms with van der Waals surface area (Å²) in [5.74, 6) is -1.20. The molecule has 0 radical (unpaired) electrons. The topological polar surface area (TPSA) is 63.1 Å². The van der Waals surface area contributed by atoms with Gasteiger partial charge < -0.3 is 10.2 Å². The summed E-state index contributed by atoms with van der Waals surface area (Å²) >= 11 is 0. The molecule has 0 saturated carbocycles. The standard InChI is InChI=1S/C19H19F2N5O/c1-13(15-4-5-16(20)17(21)11-15)25(2)19(27)23-12-14-6-8-22-18(10-14)26-9-3-7-24-26/h3-11,13H,12H2,1-2H3,(H,23,27). The lowest BCUT2D eigenvalue weighted by atomic mass is 10.1. The molecule has 0 bridgehead atoms. The van der Waals surface area contributed by atoms with E-state index >= 15 is 0 Å². The zero-order chi connectivity index (χ0) is 19.4. The van der Waals surface area contributed by atoms with Crippen molar-refractivity contribution in [3.63, 3.8) is 0 Å². The third-order valence-electron chi connectivity index (χ3n) is 4.32. The van der Waals surface area contributed by atoms with Gasteiger partial charge in [0.05, 0.1) is 6.04 Å². The molecule has 0 aliphatic heterocycles. The molecular formula is C19H19F2N5O. The number of rotatable bonds is 5. The van der Waals surface area contributed by atoms with Crippen LogP contribution in [0.2, 0.25) is 0 Å². The summed E-state index contributed by atoms with van der Waals surface area (Å²) < 4.78 is 28.1. The first-order chi connectivity index (χ1) is 13.0. The molecule has 1 unspecified atom stereocenters. The highest BCUT2D eigenvalue weighted by atomic mass is 19.2. The second kappa shape index (κ2) is 7.94. The summed E-state index contributed by atoms with van der Waals surface area (Å²) in [4.78, 5) is 18.1. The second-order valence-corrected chi connectivity index (χ2v) is 6.09. The lowest BCUT2D eigenvalue weighted by molar-refractivity contribution is 0.194. The number of amides is 2. The first-order valence-corrected chi connectivity index (χ1v) is 8.36. The van der Waals surface area contributed by atoms with Crippen LogP contribution in [0.15, 0.2) is 55.0 Å². The maximum atomic E-state index is 13.4. The maximum Gasteiger partial charge on any atom is 0.317 e. The molecule has 6 nitrogen and oxygen atoms in total. The number of carbonyl (C=O) groups is 1. The molecule has 2 aromatic heterocycles. The van der Waals surface area contributed by atoms with Gasteiger partial charge in [-0.05, 0) is 48.4 Å². The lowest BCUT2D eigenvalue weighted by Gasteiger charge is -2.25. The van der Waals surface area contributed by atoms with Gasteiger partial charge in [0.25, 0.3) is 0 Å². The summed E-state index contributed by atoms with van der Waals surface area (Å²) in [5.41, 5.74) is 1.37. The molecule has 1 aromatic carbocycles. The molecule has 27 heavy (non-hydrogen) atoms. The van der Waals surface area contributed by atoms with E-state index in [0.717, 1.165) is 17.7 Å². The van der Waals surface area contributed by atoms with Crippen LogP contribution < -0.4 is 5.32 Å². The first kappa shape index (κ1) is 18.5. The fourth-order valence-corrected chi connectivity index (χ4v) is 2.57. The third-order valence-corrected chi connectivity index (χ3v) is 4.32. The Labute approximate surface area is 155 Å². The van der Waals surface area contributed by atoms with Gasteiger partial charge in [0.1, 0.15) is 0 Å². The minimum absolute atomic E-state index is 0.296. The van der Waals surface area contributed by atoms with Crippen molar-refractivity contribution in [2.75, 3.05) is 7.05 Å². The van der Waals surface area contributed by atoms with E-state index in [9.17, 15) is 13.6 Å². The number of hydrogen-bond acceptors (Lipinski definition) is 3. The zero-order valence-electron chi connectivity index (χ0n) is 14.9.